The van der Waals surface area contributed by atoms with E-state index in [9.17, 15) is 0 Å². The van der Waals surface area contributed by atoms with Gasteiger partial charge >= 0.3 is 0 Å². The average Bonchev–Trinajstić information content (AvgIpc) is 3.28. The minimum Gasteiger partial charge on any atom is -0.492 e. The Morgan fingerprint density at radius 3 is 2.75 bits per heavy atom. The molecule has 1 heterocycles. The Balaban J connectivity index is 2.17. The van der Waals surface area contributed by atoms with E-state index >= 15 is 0 Å². The fourth-order valence-corrected chi connectivity index (χ4v) is 2.60. The van der Waals surface area contributed by atoms with Gasteiger partial charge in [0.2, 0.25) is 0 Å². The van der Waals surface area contributed by atoms with Crippen LogP contribution in [0.5, 0.6) is 5.75 Å². The van der Waals surface area contributed by atoms with Gasteiger partial charge in [0.15, 0.2) is 0 Å². The number of methoxy groups -OCH3 is 1. The smallest absolute Gasteiger partial charge is 0.137 e. The van der Waals surface area contributed by atoms with Crippen LogP contribution in [0.15, 0.2) is 18.5 Å². The molecule has 4 heteroatoms. The summed E-state index contributed by atoms with van der Waals surface area (Å²) in [5, 5.41) is 3.61. The molecule has 2 atom stereocenters. The molecule has 0 aromatic carbocycles. The van der Waals surface area contributed by atoms with Gasteiger partial charge in [-0.3, -0.25) is 4.98 Å². The molecule has 1 aromatic heterocycles. The fraction of sp³-hybridized carbons (Fsp3) is 0.688. The number of nitrogens with zero attached hydrogens (tertiary/aromatic N) is 1. The molecule has 20 heavy (non-hydrogen) atoms. The van der Waals surface area contributed by atoms with Crippen LogP contribution in [0.3, 0.4) is 0 Å². The molecule has 1 aliphatic rings. The van der Waals surface area contributed by atoms with Crippen molar-refractivity contribution in [1.29, 1.82) is 0 Å². The topological polar surface area (TPSA) is 43.4 Å². The molecule has 0 saturated heterocycles. The minimum absolute atomic E-state index is 0.195. The first-order chi connectivity index (χ1) is 9.80. The number of hydrogen-bond donors (Lipinski definition) is 1. The Morgan fingerprint density at radius 2 is 2.15 bits per heavy atom. The molecule has 0 bridgehead atoms. The molecule has 112 valence electrons. The molecule has 0 aliphatic heterocycles. The van der Waals surface area contributed by atoms with E-state index in [0.29, 0.717) is 12.5 Å². The summed E-state index contributed by atoms with van der Waals surface area (Å²) >= 11 is 0. The maximum Gasteiger partial charge on any atom is 0.137 e. The first-order valence-corrected chi connectivity index (χ1v) is 7.64. The molecule has 0 spiro atoms. The van der Waals surface area contributed by atoms with Crippen LogP contribution in [0, 0.1) is 5.92 Å². The number of aromatic nitrogens is 1. The lowest BCUT2D eigenvalue weighted by Gasteiger charge is -2.27. The summed E-state index contributed by atoms with van der Waals surface area (Å²) in [6.07, 6.45) is 7.55. The Hall–Kier alpha value is -1.13. The molecule has 1 saturated carbocycles. The number of nitrogens with one attached hydrogen (secondary N) is 1. The normalized spacial score (nSPS) is 17.8. The Labute approximate surface area is 121 Å². The Kier molecular flexibility index (Phi) is 5.80. The summed E-state index contributed by atoms with van der Waals surface area (Å²) in [5.41, 5.74) is 1.16. The predicted octanol–water partition coefficient (Wildman–Crippen LogP) is 2.95. The fourth-order valence-electron chi connectivity index (χ4n) is 2.60. The summed E-state index contributed by atoms with van der Waals surface area (Å²) in [6, 6.07) is 2.28. The van der Waals surface area contributed by atoms with Crippen molar-refractivity contribution >= 4 is 0 Å². The van der Waals surface area contributed by atoms with E-state index in [0.717, 1.165) is 24.3 Å². The van der Waals surface area contributed by atoms with Crippen LogP contribution >= 0.6 is 0 Å². The van der Waals surface area contributed by atoms with Crippen LogP contribution in [-0.2, 0) is 4.74 Å². The van der Waals surface area contributed by atoms with Crippen molar-refractivity contribution in [3.8, 4) is 5.75 Å². The van der Waals surface area contributed by atoms with Crippen molar-refractivity contribution in [1.82, 2.24) is 10.3 Å². The summed E-state index contributed by atoms with van der Waals surface area (Å²) in [5.74, 6) is 1.50. The maximum atomic E-state index is 5.76. The lowest BCUT2D eigenvalue weighted by molar-refractivity contribution is 0.0505. The number of pyridine rings is 1. The highest BCUT2D eigenvalue weighted by atomic mass is 16.5. The molecule has 4 nitrogen and oxygen atoms in total. The van der Waals surface area contributed by atoms with Crippen LogP contribution in [-0.4, -0.2) is 31.3 Å². The van der Waals surface area contributed by atoms with E-state index in [1.165, 1.54) is 12.8 Å². The molecule has 2 unspecified atom stereocenters. The highest BCUT2D eigenvalue weighted by Gasteiger charge is 2.37. The van der Waals surface area contributed by atoms with Gasteiger partial charge in [-0.05, 0) is 50.3 Å². The van der Waals surface area contributed by atoms with Crippen LogP contribution in [0.2, 0.25) is 0 Å². The Bertz CT molecular complexity index is 407. The van der Waals surface area contributed by atoms with E-state index in [4.69, 9.17) is 9.47 Å². The largest absolute Gasteiger partial charge is 0.492 e. The van der Waals surface area contributed by atoms with Crippen LogP contribution in [0.1, 0.15) is 44.7 Å². The Morgan fingerprint density at radius 1 is 1.35 bits per heavy atom. The highest BCUT2D eigenvalue weighted by Crippen LogP contribution is 2.40. The molecule has 1 aliphatic carbocycles. The van der Waals surface area contributed by atoms with Gasteiger partial charge in [0.25, 0.3) is 0 Å². The third kappa shape index (κ3) is 3.93. The molecule has 1 aromatic rings. The van der Waals surface area contributed by atoms with Gasteiger partial charge < -0.3 is 14.8 Å². The predicted molar refractivity (Wildman–Crippen MR) is 80.0 cm³/mol. The zero-order valence-corrected chi connectivity index (χ0v) is 12.8. The minimum atomic E-state index is 0.195. The van der Waals surface area contributed by atoms with Crippen molar-refractivity contribution in [3.63, 3.8) is 0 Å². The highest BCUT2D eigenvalue weighted by molar-refractivity contribution is 5.27. The molecular formula is C16H26N2O2. The van der Waals surface area contributed by atoms with Crippen LogP contribution in [0.25, 0.3) is 0 Å². The first-order valence-electron chi connectivity index (χ1n) is 7.64. The lowest BCUT2D eigenvalue weighted by Crippen LogP contribution is -2.35. The SMILES string of the molecule is CCCNC(c1cncc(OCC)c1)C(OC)C1CC1. The van der Waals surface area contributed by atoms with Crippen LogP contribution in [0.4, 0.5) is 0 Å². The monoisotopic (exact) mass is 278 g/mol. The van der Waals surface area contributed by atoms with Crippen molar-refractivity contribution < 1.29 is 9.47 Å². The zero-order valence-electron chi connectivity index (χ0n) is 12.8. The van der Waals surface area contributed by atoms with E-state index in [-0.39, 0.29) is 12.1 Å². The molecule has 0 amide bonds. The third-order valence-corrected chi connectivity index (χ3v) is 3.71. The molecule has 1 N–H and O–H groups in total. The van der Waals surface area contributed by atoms with Crippen LogP contribution < -0.4 is 10.1 Å². The van der Waals surface area contributed by atoms with E-state index in [1.807, 2.05) is 20.2 Å². The lowest BCUT2D eigenvalue weighted by atomic mass is 9.99. The summed E-state index contributed by atoms with van der Waals surface area (Å²) in [6.45, 7) is 5.81. The maximum absolute atomic E-state index is 5.76. The zero-order chi connectivity index (χ0) is 14.4. The molecular weight excluding hydrogens is 252 g/mol. The van der Waals surface area contributed by atoms with E-state index in [1.54, 1.807) is 6.20 Å². The second-order valence-corrected chi connectivity index (χ2v) is 5.36. The molecule has 2 rings (SSSR count). The standard InChI is InChI=1S/C16H26N2O2/c1-4-8-18-15(16(19-3)12-6-7-12)13-9-14(20-5-2)11-17-10-13/h9-12,15-16,18H,4-8H2,1-3H3. The molecule has 1 fully saturated rings. The van der Waals surface area contributed by atoms with E-state index < -0.39 is 0 Å². The van der Waals surface area contributed by atoms with Gasteiger partial charge in [0, 0.05) is 13.3 Å². The van der Waals surface area contributed by atoms with Gasteiger partial charge in [-0.25, -0.2) is 0 Å². The average molecular weight is 278 g/mol. The number of hydrogen-bond acceptors (Lipinski definition) is 4. The van der Waals surface area contributed by atoms with Crippen molar-refractivity contribution in [2.45, 2.75) is 45.3 Å². The van der Waals surface area contributed by atoms with Crippen molar-refractivity contribution in [2.75, 3.05) is 20.3 Å². The molecule has 0 radical (unpaired) electrons. The number of ether oxygens (including phenoxy) is 2. The summed E-state index contributed by atoms with van der Waals surface area (Å²) in [7, 11) is 1.81. The van der Waals surface area contributed by atoms with Gasteiger partial charge in [-0.1, -0.05) is 6.92 Å². The summed E-state index contributed by atoms with van der Waals surface area (Å²) in [4.78, 5) is 4.31. The van der Waals surface area contributed by atoms with Crippen molar-refractivity contribution in [2.24, 2.45) is 5.92 Å². The van der Waals surface area contributed by atoms with Gasteiger partial charge in [0.05, 0.1) is 24.9 Å². The first kappa shape index (κ1) is 15.3. The number of rotatable bonds is 9. The van der Waals surface area contributed by atoms with Gasteiger partial charge in [-0.2, -0.15) is 0 Å². The third-order valence-electron chi connectivity index (χ3n) is 3.71. The quantitative estimate of drug-likeness (QED) is 0.754. The van der Waals surface area contributed by atoms with E-state index in [2.05, 4.69) is 23.3 Å². The summed E-state index contributed by atoms with van der Waals surface area (Å²) < 4.78 is 11.3. The van der Waals surface area contributed by atoms with Gasteiger partial charge in [-0.15, -0.1) is 0 Å². The van der Waals surface area contributed by atoms with Crippen molar-refractivity contribution in [3.05, 3.63) is 24.0 Å². The second-order valence-electron chi connectivity index (χ2n) is 5.36. The van der Waals surface area contributed by atoms with Gasteiger partial charge in [0.1, 0.15) is 5.75 Å². The second kappa shape index (κ2) is 7.60.